The minimum atomic E-state index is 0.357. The van der Waals surface area contributed by atoms with Gasteiger partial charge in [0, 0.05) is 32.2 Å². The topological polar surface area (TPSA) is 15.3 Å². The first-order valence-corrected chi connectivity index (χ1v) is 6.96. The monoisotopic (exact) mass is 246 g/mol. The fraction of sp³-hybridized carbons (Fsp3) is 0.625. The van der Waals surface area contributed by atoms with Gasteiger partial charge in [0.25, 0.3) is 0 Å². The third-order valence-electron chi connectivity index (χ3n) is 3.64. The fourth-order valence-electron chi connectivity index (χ4n) is 2.70. The van der Waals surface area contributed by atoms with Gasteiger partial charge >= 0.3 is 0 Å². The van der Waals surface area contributed by atoms with E-state index in [-0.39, 0.29) is 0 Å². The summed E-state index contributed by atoms with van der Waals surface area (Å²) in [6.45, 7) is 13.6. The molecule has 0 spiro atoms. The van der Waals surface area contributed by atoms with Crippen LogP contribution >= 0.6 is 0 Å². The van der Waals surface area contributed by atoms with Gasteiger partial charge in [0.1, 0.15) is 0 Å². The molecule has 0 aromatic heterocycles. The zero-order valence-electron chi connectivity index (χ0n) is 12.2. The molecule has 2 heteroatoms. The fourth-order valence-corrected chi connectivity index (χ4v) is 2.70. The smallest absolute Gasteiger partial charge is 0.0234 e. The van der Waals surface area contributed by atoms with Crippen LogP contribution in [-0.4, -0.2) is 30.6 Å². The molecule has 1 fully saturated rings. The molecule has 0 aliphatic carbocycles. The van der Waals surface area contributed by atoms with Gasteiger partial charge in [-0.2, -0.15) is 0 Å². The second-order valence-electron chi connectivity index (χ2n) is 6.60. The van der Waals surface area contributed by atoms with Crippen molar-refractivity contribution in [3.8, 4) is 0 Å². The Hall–Kier alpha value is -0.860. The zero-order valence-corrected chi connectivity index (χ0v) is 12.2. The first kappa shape index (κ1) is 13.6. The molecular formula is C16H26N2. The summed E-state index contributed by atoms with van der Waals surface area (Å²) < 4.78 is 0. The first-order valence-electron chi connectivity index (χ1n) is 6.96. The quantitative estimate of drug-likeness (QED) is 0.863. The first-order chi connectivity index (χ1) is 8.44. The third kappa shape index (κ3) is 3.82. The van der Waals surface area contributed by atoms with Crippen LogP contribution in [-0.2, 0) is 6.54 Å². The standard InChI is InChI=1S/C16H26N2/c1-13-5-7-15(8-6-13)10-18-9-14(2)17-11-16(3,4)12-18/h5-8,14,17H,9-12H2,1-4H3. The second-order valence-corrected chi connectivity index (χ2v) is 6.60. The highest BCUT2D eigenvalue weighted by Crippen LogP contribution is 2.20. The Balaban J connectivity index is 2.04. The maximum atomic E-state index is 3.62. The van der Waals surface area contributed by atoms with E-state index < -0.39 is 0 Å². The van der Waals surface area contributed by atoms with Crippen molar-refractivity contribution in [1.82, 2.24) is 10.2 Å². The van der Waals surface area contributed by atoms with Gasteiger partial charge in [-0.3, -0.25) is 4.90 Å². The summed E-state index contributed by atoms with van der Waals surface area (Å²) in [5.41, 5.74) is 3.12. The molecule has 1 aromatic carbocycles. The van der Waals surface area contributed by atoms with Crippen molar-refractivity contribution < 1.29 is 0 Å². The van der Waals surface area contributed by atoms with E-state index >= 15 is 0 Å². The molecule has 0 saturated carbocycles. The molecule has 2 rings (SSSR count). The molecule has 0 radical (unpaired) electrons. The van der Waals surface area contributed by atoms with Crippen LogP contribution in [0.2, 0.25) is 0 Å². The minimum Gasteiger partial charge on any atom is -0.312 e. The van der Waals surface area contributed by atoms with E-state index in [2.05, 4.69) is 62.2 Å². The van der Waals surface area contributed by atoms with Crippen LogP contribution in [0.5, 0.6) is 0 Å². The molecule has 1 aliphatic heterocycles. The second kappa shape index (κ2) is 5.41. The Morgan fingerprint density at radius 1 is 1.28 bits per heavy atom. The van der Waals surface area contributed by atoms with Gasteiger partial charge < -0.3 is 5.32 Å². The lowest BCUT2D eigenvalue weighted by Crippen LogP contribution is -2.35. The van der Waals surface area contributed by atoms with E-state index in [0.29, 0.717) is 11.5 Å². The molecule has 2 nitrogen and oxygen atoms in total. The van der Waals surface area contributed by atoms with E-state index in [9.17, 15) is 0 Å². The molecule has 100 valence electrons. The summed E-state index contributed by atoms with van der Waals surface area (Å²) in [4.78, 5) is 2.58. The number of rotatable bonds is 2. The highest BCUT2D eigenvalue weighted by atomic mass is 15.2. The van der Waals surface area contributed by atoms with Crippen molar-refractivity contribution >= 4 is 0 Å². The Morgan fingerprint density at radius 3 is 2.61 bits per heavy atom. The van der Waals surface area contributed by atoms with Crippen LogP contribution < -0.4 is 5.32 Å². The number of hydrogen-bond acceptors (Lipinski definition) is 2. The largest absolute Gasteiger partial charge is 0.312 e. The van der Waals surface area contributed by atoms with Crippen LogP contribution in [0.25, 0.3) is 0 Å². The van der Waals surface area contributed by atoms with Crippen molar-refractivity contribution in [1.29, 1.82) is 0 Å². The number of nitrogens with one attached hydrogen (secondary N) is 1. The van der Waals surface area contributed by atoms with Gasteiger partial charge in [-0.15, -0.1) is 0 Å². The third-order valence-corrected chi connectivity index (χ3v) is 3.64. The average molecular weight is 246 g/mol. The van der Waals surface area contributed by atoms with E-state index in [0.717, 1.165) is 26.2 Å². The number of hydrogen-bond donors (Lipinski definition) is 1. The van der Waals surface area contributed by atoms with Gasteiger partial charge in [-0.05, 0) is 24.8 Å². The molecule has 1 aliphatic rings. The van der Waals surface area contributed by atoms with Crippen molar-refractivity contribution in [2.45, 2.75) is 40.3 Å². The molecule has 0 amide bonds. The maximum absolute atomic E-state index is 3.62. The van der Waals surface area contributed by atoms with Crippen molar-refractivity contribution in [2.75, 3.05) is 19.6 Å². The molecule has 1 heterocycles. The van der Waals surface area contributed by atoms with Gasteiger partial charge in [0.05, 0.1) is 0 Å². The minimum absolute atomic E-state index is 0.357. The predicted octanol–water partition coefficient (Wildman–Crippen LogP) is 2.81. The molecule has 1 N–H and O–H groups in total. The Labute approximate surface area is 111 Å². The zero-order chi connectivity index (χ0) is 13.2. The molecule has 1 aromatic rings. The summed E-state index contributed by atoms with van der Waals surface area (Å²) in [7, 11) is 0. The van der Waals surface area contributed by atoms with Gasteiger partial charge in [-0.1, -0.05) is 43.7 Å². The highest BCUT2D eigenvalue weighted by Gasteiger charge is 2.26. The Kier molecular flexibility index (Phi) is 4.08. The van der Waals surface area contributed by atoms with Crippen molar-refractivity contribution in [2.24, 2.45) is 5.41 Å². The molecule has 1 saturated heterocycles. The molecule has 1 atom stereocenters. The summed E-state index contributed by atoms with van der Waals surface area (Å²) in [6.07, 6.45) is 0. The van der Waals surface area contributed by atoms with Crippen LogP contribution in [0.1, 0.15) is 31.9 Å². The van der Waals surface area contributed by atoms with Crippen LogP contribution in [0, 0.1) is 12.3 Å². The summed E-state index contributed by atoms with van der Waals surface area (Å²) in [5, 5.41) is 3.62. The lowest BCUT2D eigenvalue weighted by molar-refractivity contribution is 0.195. The number of nitrogens with zero attached hydrogens (tertiary/aromatic N) is 1. The van der Waals surface area contributed by atoms with Gasteiger partial charge in [0.2, 0.25) is 0 Å². The highest BCUT2D eigenvalue weighted by molar-refractivity contribution is 5.21. The van der Waals surface area contributed by atoms with Crippen LogP contribution in [0.4, 0.5) is 0 Å². The predicted molar refractivity (Wildman–Crippen MR) is 77.7 cm³/mol. The molecule has 0 bridgehead atoms. The summed E-state index contributed by atoms with van der Waals surface area (Å²) >= 11 is 0. The van der Waals surface area contributed by atoms with Crippen LogP contribution in [0.3, 0.4) is 0 Å². The normalized spacial score (nSPS) is 24.8. The van der Waals surface area contributed by atoms with Crippen molar-refractivity contribution in [3.63, 3.8) is 0 Å². The van der Waals surface area contributed by atoms with Gasteiger partial charge in [-0.25, -0.2) is 0 Å². The lowest BCUT2D eigenvalue weighted by Gasteiger charge is -2.29. The lowest BCUT2D eigenvalue weighted by atomic mass is 9.93. The Morgan fingerprint density at radius 2 is 1.94 bits per heavy atom. The Bertz CT molecular complexity index is 381. The molecule has 18 heavy (non-hydrogen) atoms. The van der Waals surface area contributed by atoms with Gasteiger partial charge in [0.15, 0.2) is 0 Å². The van der Waals surface area contributed by atoms with Crippen LogP contribution in [0.15, 0.2) is 24.3 Å². The maximum Gasteiger partial charge on any atom is 0.0234 e. The summed E-state index contributed by atoms with van der Waals surface area (Å²) in [6, 6.07) is 9.51. The molecular weight excluding hydrogens is 220 g/mol. The molecule has 1 unspecified atom stereocenters. The average Bonchev–Trinajstić information content (AvgIpc) is 2.41. The number of aryl methyl sites for hydroxylation is 1. The summed E-state index contributed by atoms with van der Waals surface area (Å²) in [5.74, 6) is 0. The van der Waals surface area contributed by atoms with E-state index in [1.54, 1.807) is 0 Å². The number of benzene rings is 1. The SMILES string of the molecule is Cc1ccc(CN2CC(C)NCC(C)(C)C2)cc1. The van der Waals surface area contributed by atoms with E-state index in [1.165, 1.54) is 11.1 Å². The van der Waals surface area contributed by atoms with E-state index in [4.69, 9.17) is 0 Å². The van der Waals surface area contributed by atoms with E-state index in [1.807, 2.05) is 0 Å². The van der Waals surface area contributed by atoms with Crippen molar-refractivity contribution in [3.05, 3.63) is 35.4 Å².